The molecule has 0 unspecified atom stereocenters. The van der Waals surface area contributed by atoms with Crippen molar-refractivity contribution in [2.75, 3.05) is 19.6 Å². The van der Waals surface area contributed by atoms with Crippen LogP contribution in [0.4, 0.5) is 4.39 Å². The number of amides is 2. The summed E-state index contributed by atoms with van der Waals surface area (Å²) in [7, 11) is 0. The SMILES string of the molecule is CC(C)CCNC(=O)[C@H]1CN(C(=O)c2ccccc2Cl)C[C@@H]1c1cccc(F)c1. The summed E-state index contributed by atoms with van der Waals surface area (Å²) in [4.78, 5) is 27.6. The molecule has 29 heavy (non-hydrogen) atoms. The Labute approximate surface area is 176 Å². The lowest BCUT2D eigenvalue weighted by Crippen LogP contribution is -2.36. The second-order valence-corrected chi connectivity index (χ2v) is 8.34. The first-order valence-corrected chi connectivity index (χ1v) is 10.3. The molecule has 0 radical (unpaired) electrons. The van der Waals surface area contributed by atoms with E-state index in [2.05, 4.69) is 19.2 Å². The smallest absolute Gasteiger partial charge is 0.255 e. The highest BCUT2D eigenvalue weighted by atomic mass is 35.5. The van der Waals surface area contributed by atoms with Crippen LogP contribution < -0.4 is 5.32 Å². The topological polar surface area (TPSA) is 49.4 Å². The van der Waals surface area contributed by atoms with Crippen LogP contribution in [0.5, 0.6) is 0 Å². The molecule has 1 fully saturated rings. The quantitative estimate of drug-likeness (QED) is 0.753. The summed E-state index contributed by atoms with van der Waals surface area (Å²) in [5, 5.41) is 3.36. The van der Waals surface area contributed by atoms with Crippen molar-refractivity contribution in [1.29, 1.82) is 0 Å². The van der Waals surface area contributed by atoms with Crippen molar-refractivity contribution < 1.29 is 14.0 Å². The fraction of sp³-hybridized carbons (Fsp3) is 0.391. The van der Waals surface area contributed by atoms with Gasteiger partial charge in [0.05, 0.1) is 16.5 Å². The Kier molecular flexibility index (Phi) is 6.91. The van der Waals surface area contributed by atoms with Gasteiger partial charge in [0.2, 0.25) is 5.91 Å². The summed E-state index contributed by atoms with van der Waals surface area (Å²) in [6.45, 7) is 5.40. The number of hydrogen-bond donors (Lipinski definition) is 1. The van der Waals surface area contributed by atoms with Gasteiger partial charge in [-0.3, -0.25) is 9.59 Å². The number of hydrogen-bond acceptors (Lipinski definition) is 2. The van der Waals surface area contributed by atoms with Crippen molar-refractivity contribution in [2.24, 2.45) is 11.8 Å². The third-order valence-electron chi connectivity index (χ3n) is 5.35. The summed E-state index contributed by atoms with van der Waals surface area (Å²) < 4.78 is 13.8. The second kappa shape index (κ2) is 9.40. The Morgan fingerprint density at radius 2 is 1.93 bits per heavy atom. The molecule has 6 heteroatoms. The third kappa shape index (κ3) is 5.15. The van der Waals surface area contributed by atoms with Crippen LogP contribution in [0.25, 0.3) is 0 Å². The van der Waals surface area contributed by atoms with E-state index in [4.69, 9.17) is 11.6 Å². The fourth-order valence-corrected chi connectivity index (χ4v) is 3.95. The minimum atomic E-state index is -0.435. The standard InChI is InChI=1S/C23H26ClFN2O2/c1-15(2)10-11-26-22(28)20-14-27(23(29)18-8-3-4-9-21(18)24)13-19(20)16-6-5-7-17(25)12-16/h3-9,12,15,19-20H,10-11,13-14H2,1-2H3,(H,26,28)/t19-,20+/m1/s1. The van der Waals surface area contributed by atoms with Gasteiger partial charge in [0.25, 0.3) is 5.91 Å². The van der Waals surface area contributed by atoms with Crippen LogP contribution in [0.3, 0.4) is 0 Å². The van der Waals surface area contributed by atoms with Crippen LogP contribution in [0, 0.1) is 17.7 Å². The van der Waals surface area contributed by atoms with Crippen LogP contribution in [-0.2, 0) is 4.79 Å². The number of carbonyl (C=O) groups is 2. The number of nitrogens with zero attached hydrogens (tertiary/aromatic N) is 1. The van der Waals surface area contributed by atoms with E-state index in [0.717, 1.165) is 12.0 Å². The van der Waals surface area contributed by atoms with E-state index in [1.54, 1.807) is 35.2 Å². The van der Waals surface area contributed by atoms with Crippen LogP contribution in [0.1, 0.15) is 42.1 Å². The van der Waals surface area contributed by atoms with Gasteiger partial charge in [-0.05, 0) is 42.2 Å². The summed E-state index contributed by atoms with van der Waals surface area (Å²) in [6.07, 6.45) is 0.880. The predicted octanol–water partition coefficient (Wildman–Crippen LogP) is 4.50. The summed E-state index contributed by atoms with van der Waals surface area (Å²) in [5.74, 6) is -0.885. The molecule has 2 aromatic rings. The lowest BCUT2D eigenvalue weighted by Gasteiger charge is -2.18. The molecule has 1 N–H and O–H groups in total. The number of halogens is 2. The first-order valence-electron chi connectivity index (χ1n) is 9.93. The molecule has 2 atom stereocenters. The molecule has 1 aliphatic heterocycles. The Morgan fingerprint density at radius 3 is 2.62 bits per heavy atom. The zero-order chi connectivity index (χ0) is 21.0. The van der Waals surface area contributed by atoms with Crippen molar-refractivity contribution in [3.8, 4) is 0 Å². The van der Waals surface area contributed by atoms with Gasteiger partial charge in [-0.25, -0.2) is 4.39 Å². The van der Waals surface area contributed by atoms with Gasteiger partial charge in [0.1, 0.15) is 5.82 Å². The van der Waals surface area contributed by atoms with E-state index in [-0.39, 0.29) is 30.1 Å². The maximum absolute atomic E-state index is 13.8. The molecule has 154 valence electrons. The highest BCUT2D eigenvalue weighted by Gasteiger charge is 2.40. The van der Waals surface area contributed by atoms with E-state index in [0.29, 0.717) is 29.6 Å². The third-order valence-corrected chi connectivity index (χ3v) is 5.68. The van der Waals surface area contributed by atoms with Crippen molar-refractivity contribution >= 4 is 23.4 Å². The van der Waals surface area contributed by atoms with E-state index in [1.807, 2.05) is 6.07 Å². The Balaban J connectivity index is 1.82. The first kappa shape index (κ1) is 21.3. The molecule has 0 spiro atoms. The highest BCUT2D eigenvalue weighted by Crippen LogP contribution is 2.34. The van der Waals surface area contributed by atoms with Gasteiger partial charge in [-0.1, -0.05) is 49.7 Å². The molecule has 1 heterocycles. The van der Waals surface area contributed by atoms with E-state index < -0.39 is 5.92 Å². The summed E-state index contributed by atoms with van der Waals surface area (Å²) >= 11 is 6.19. The monoisotopic (exact) mass is 416 g/mol. The second-order valence-electron chi connectivity index (χ2n) is 7.93. The summed E-state index contributed by atoms with van der Waals surface area (Å²) in [6, 6.07) is 13.1. The van der Waals surface area contributed by atoms with Gasteiger partial charge in [-0.2, -0.15) is 0 Å². The number of benzene rings is 2. The van der Waals surface area contributed by atoms with Gasteiger partial charge in [-0.15, -0.1) is 0 Å². The van der Waals surface area contributed by atoms with Gasteiger partial charge < -0.3 is 10.2 Å². The largest absolute Gasteiger partial charge is 0.356 e. The normalized spacial score (nSPS) is 18.9. The number of rotatable bonds is 6. The fourth-order valence-electron chi connectivity index (χ4n) is 3.73. The van der Waals surface area contributed by atoms with Gasteiger partial charge in [0.15, 0.2) is 0 Å². The summed E-state index contributed by atoms with van der Waals surface area (Å²) in [5.41, 5.74) is 1.14. The average molecular weight is 417 g/mol. The van der Waals surface area contributed by atoms with E-state index >= 15 is 0 Å². The molecule has 4 nitrogen and oxygen atoms in total. The lowest BCUT2D eigenvalue weighted by molar-refractivity contribution is -0.124. The first-order chi connectivity index (χ1) is 13.9. The molecule has 0 bridgehead atoms. The van der Waals surface area contributed by atoms with Crippen LogP contribution in [0.2, 0.25) is 5.02 Å². The van der Waals surface area contributed by atoms with Crippen molar-refractivity contribution in [3.63, 3.8) is 0 Å². The molecule has 1 aliphatic rings. The van der Waals surface area contributed by atoms with Crippen LogP contribution in [-0.4, -0.2) is 36.3 Å². The molecule has 3 rings (SSSR count). The molecule has 0 aliphatic carbocycles. The predicted molar refractivity (Wildman–Crippen MR) is 112 cm³/mol. The zero-order valence-electron chi connectivity index (χ0n) is 16.7. The van der Waals surface area contributed by atoms with Crippen molar-refractivity contribution in [2.45, 2.75) is 26.2 Å². The van der Waals surface area contributed by atoms with Gasteiger partial charge in [0, 0.05) is 25.6 Å². The van der Waals surface area contributed by atoms with Crippen molar-refractivity contribution in [1.82, 2.24) is 10.2 Å². The van der Waals surface area contributed by atoms with E-state index in [1.165, 1.54) is 12.1 Å². The number of nitrogens with one attached hydrogen (secondary N) is 1. The maximum atomic E-state index is 13.8. The average Bonchev–Trinajstić information content (AvgIpc) is 3.13. The Hall–Kier alpha value is -2.40. The molecular weight excluding hydrogens is 391 g/mol. The zero-order valence-corrected chi connectivity index (χ0v) is 17.5. The lowest BCUT2D eigenvalue weighted by atomic mass is 9.88. The van der Waals surface area contributed by atoms with Crippen LogP contribution in [0.15, 0.2) is 48.5 Å². The molecule has 2 aromatic carbocycles. The van der Waals surface area contributed by atoms with Gasteiger partial charge >= 0.3 is 0 Å². The number of carbonyl (C=O) groups excluding carboxylic acids is 2. The van der Waals surface area contributed by atoms with E-state index in [9.17, 15) is 14.0 Å². The van der Waals surface area contributed by atoms with Crippen molar-refractivity contribution in [3.05, 3.63) is 70.5 Å². The molecule has 0 saturated carbocycles. The molecular formula is C23H26ClFN2O2. The number of likely N-dealkylation sites (tertiary alicyclic amines) is 1. The molecule has 0 aromatic heterocycles. The maximum Gasteiger partial charge on any atom is 0.255 e. The highest BCUT2D eigenvalue weighted by molar-refractivity contribution is 6.33. The van der Waals surface area contributed by atoms with Crippen LogP contribution >= 0.6 is 11.6 Å². The Morgan fingerprint density at radius 1 is 1.17 bits per heavy atom. The Bertz CT molecular complexity index is 887. The molecule has 1 saturated heterocycles. The minimum absolute atomic E-state index is 0.102. The molecule has 2 amide bonds. The minimum Gasteiger partial charge on any atom is -0.356 e.